The SMILES string of the molecule is O=C(Nc1cc(Br)cnc1Cl)c1cc(F)ccc1F. The summed E-state index contributed by atoms with van der Waals surface area (Å²) in [6.07, 6.45) is 1.45. The maximum absolute atomic E-state index is 13.4. The van der Waals surface area contributed by atoms with Gasteiger partial charge in [0.1, 0.15) is 11.6 Å². The number of hydrogen-bond acceptors (Lipinski definition) is 2. The molecular weight excluding hydrogens is 341 g/mol. The molecule has 0 aliphatic heterocycles. The van der Waals surface area contributed by atoms with Gasteiger partial charge in [0.15, 0.2) is 5.15 Å². The summed E-state index contributed by atoms with van der Waals surface area (Å²) in [5.41, 5.74) is -0.208. The van der Waals surface area contributed by atoms with Gasteiger partial charge in [0.05, 0.1) is 11.3 Å². The van der Waals surface area contributed by atoms with E-state index in [1.807, 2.05) is 0 Å². The van der Waals surface area contributed by atoms with Crippen LogP contribution in [0, 0.1) is 11.6 Å². The predicted molar refractivity (Wildman–Crippen MR) is 71.3 cm³/mol. The normalized spacial score (nSPS) is 10.3. The molecule has 0 bridgehead atoms. The third kappa shape index (κ3) is 3.27. The number of pyridine rings is 1. The predicted octanol–water partition coefficient (Wildman–Crippen LogP) is 4.03. The fourth-order valence-corrected chi connectivity index (χ4v) is 1.85. The molecule has 1 N–H and O–H groups in total. The zero-order chi connectivity index (χ0) is 14.0. The Balaban J connectivity index is 2.30. The second-order valence-electron chi connectivity index (χ2n) is 3.57. The monoisotopic (exact) mass is 346 g/mol. The van der Waals surface area contributed by atoms with Crippen molar-refractivity contribution in [3.05, 3.63) is 57.3 Å². The molecule has 0 aliphatic rings. The Labute approximate surface area is 120 Å². The third-order valence-electron chi connectivity index (χ3n) is 2.23. The quantitative estimate of drug-likeness (QED) is 0.834. The molecule has 2 aromatic rings. The lowest BCUT2D eigenvalue weighted by molar-refractivity contribution is 0.102. The number of amides is 1. The average molecular weight is 348 g/mol. The minimum Gasteiger partial charge on any atom is -0.319 e. The number of aromatic nitrogens is 1. The molecule has 0 atom stereocenters. The number of rotatable bonds is 2. The molecule has 1 aromatic carbocycles. The summed E-state index contributed by atoms with van der Waals surface area (Å²) in [4.78, 5) is 15.6. The molecule has 0 saturated heterocycles. The number of carbonyl (C=O) groups is 1. The van der Waals surface area contributed by atoms with Gasteiger partial charge in [0.2, 0.25) is 0 Å². The maximum Gasteiger partial charge on any atom is 0.258 e. The average Bonchev–Trinajstić information content (AvgIpc) is 2.36. The van der Waals surface area contributed by atoms with Crippen LogP contribution >= 0.6 is 27.5 Å². The summed E-state index contributed by atoms with van der Waals surface area (Å²) < 4.78 is 27.0. The molecule has 0 saturated carbocycles. The summed E-state index contributed by atoms with van der Waals surface area (Å²) in [6, 6.07) is 4.12. The van der Waals surface area contributed by atoms with Crippen molar-refractivity contribution in [3.8, 4) is 0 Å². The summed E-state index contributed by atoms with van der Waals surface area (Å²) in [5, 5.41) is 2.41. The Kier molecular flexibility index (Phi) is 4.11. The molecule has 0 aliphatic carbocycles. The Morgan fingerprint density at radius 2 is 2.05 bits per heavy atom. The van der Waals surface area contributed by atoms with Gasteiger partial charge in [-0.25, -0.2) is 13.8 Å². The Hall–Kier alpha value is -1.53. The van der Waals surface area contributed by atoms with E-state index in [2.05, 4.69) is 26.2 Å². The number of nitrogens with one attached hydrogen (secondary N) is 1. The Morgan fingerprint density at radius 3 is 2.79 bits per heavy atom. The minimum absolute atomic E-state index is 0.0494. The fourth-order valence-electron chi connectivity index (χ4n) is 1.37. The lowest BCUT2D eigenvalue weighted by Gasteiger charge is -2.07. The van der Waals surface area contributed by atoms with Gasteiger partial charge in [-0.2, -0.15) is 0 Å². The highest BCUT2D eigenvalue weighted by molar-refractivity contribution is 9.10. The molecule has 19 heavy (non-hydrogen) atoms. The first kappa shape index (κ1) is 13.9. The standard InChI is InChI=1S/C12H6BrClF2N2O/c13-6-3-10(11(14)17-5-6)18-12(19)8-4-7(15)1-2-9(8)16/h1-5H,(H,18,19). The second-order valence-corrected chi connectivity index (χ2v) is 4.84. The van der Waals surface area contributed by atoms with Crippen LogP contribution < -0.4 is 5.32 Å². The third-order valence-corrected chi connectivity index (χ3v) is 2.96. The lowest BCUT2D eigenvalue weighted by atomic mass is 10.2. The van der Waals surface area contributed by atoms with Crippen molar-refractivity contribution in [1.82, 2.24) is 4.98 Å². The molecular formula is C12H6BrClF2N2O. The van der Waals surface area contributed by atoms with Gasteiger partial charge in [-0.15, -0.1) is 0 Å². The zero-order valence-electron chi connectivity index (χ0n) is 9.25. The van der Waals surface area contributed by atoms with Crippen molar-refractivity contribution in [2.75, 3.05) is 5.32 Å². The van der Waals surface area contributed by atoms with Crippen molar-refractivity contribution < 1.29 is 13.6 Å². The van der Waals surface area contributed by atoms with Crippen LogP contribution in [0.15, 0.2) is 34.9 Å². The highest BCUT2D eigenvalue weighted by Crippen LogP contribution is 2.24. The summed E-state index contributed by atoms with van der Waals surface area (Å²) in [5.74, 6) is -2.33. The van der Waals surface area contributed by atoms with Gasteiger partial charge in [0, 0.05) is 10.7 Å². The molecule has 0 unspecified atom stereocenters. The van der Waals surface area contributed by atoms with E-state index in [9.17, 15) is 13.6 Å². The number of nitrogens with zero attached hydrogens (tertiary/aromatic N) is 1. The number of anilines is 1. The van der Waals surface area contributed by atoms with Crippen LogP contribution in [0.1, 0.15) is 10.4 Å². The van der Waals surface area contributed by atoms with Crippen molar-refractivity contribution in [3.63, 3.8) is 0 Å². The van der Waals surface area contributed by atoms with E-state index in [4.69, 9.17) is 11.6 Å². The Morgan fingerprint density at radius 1 is 1.32 bits per heavy atom. The maximum atomic E-state index is 13.4. The van der Waals surface area contributed by atoms with Crippen LogP contribution in [0.2, 0.25) is 5.15 Å². The lowest BCUT2D eigenvalue weighted by Crippen LogP contribution is -2.14. The molecule has 7 heteroatoms. The van der Waals surface area contributed by atoms with Gasteiger partial charge in [-0.05, 0) is 40.2 Å². The highest BCUT2D eigenvalue weighted by atomic mass is 79.9. The molecule has 3 nitrogen and oxygen atoms in total. The van der Waals surface area contributed by atoms with Crippen LogP contribution in [0.3, 0.4) is 0 Å². The summed E-state index contributed by atoms with van der Waals surface area (Å²) >= 11 is 8.95. The van der Waals surface area contributed by atoms with E-state index in [0.717, 1.165) is 18.2 Å². The first-order valence-corrected chi connectivity index (χ1v) is 6.22. The first-order chi connectivity index (χ1) is 8.97. The zero-order valence-corrected chi connectivity index (χ0v) is 11.6. The molecule has 2 rings (SSSR count). The van der Waals surface area contributed by atoms with Gasteiger partial charge in [0.25, 0.3) is 5.91 Å². The van der Waals surface area contributed by atoms with Crippen LogP contribution in [-0.2, 0) is 0 Å². The van der Waals surface area contributed by atoms with Crippen molar-refractivity contribution in [1.29, 1.82) is 0 Å². The smallest absolute Gasteiger partial charge is 0.258 e. The number of benzene rings is 1. The number of halogens is 4. The molecule has 1 heterocycles. The molecule has 0 fully saturated rings. The van der Waals surface area contributed by atoms with Crippen LogP contribution in [0.5, 0.6) is 0 Å². The van der Waals surface area contributed by atoms with E-state index in [1.165, 1.54) is 12.3 Å². The van der Waals surface area contributed by atoms with Gasteiger partial charge >= 0.3 is 0 Å². The largest absolute Gasteiger partial charge is 0.319 e. The Bertz CT molecular complexity index is 652. The number of carbonyl (C=O) groups excluding carboxylic acids is 1. The van der Waals surface area contributed by atoms with E-state index in [-0.39, 0.29) is 10.8 Å². The van der Waals surface area contributed by atoms with E-state index < -0.39 is 23.1 Å². The van der Waals surface area contributed by atoms with E-state index in [0.29, 0.717) is 4.47 Å². The summed E-state index contributed by atoms with van der Waals surface area (Å²) in [6.45, 7) is 0. The van der Waals surface area contributed by atoms with Crippen molar-refractivity contribution >= 4 is 39.1 Å². The van der Waals surface area contributed by atoms with Crippen LogP contribution in [-0.4, -0.2) is 10.9 Å². The first-order valence-electron chi connectivity index (χ1n) is 5.05. The molecule has 0 radical (unpaired) electrons. The second kappa shape index (κ2) is 5.63. The summed E-state index contributed by atoms with van der Waals surface area (Å²) in [7, 11) is 0. The molecule has 1 aromatic heterocycles. The molecule has 98 valence electrons. The highest BCUT2D eigenvalue weighted by Gasteiger charge is 2.14. The van der Waals surface area contributed by atoms with Gasteiger partial charge in [-0.3, -0.25) is 4.79 Å². The van der Waals surface area contributed by atoms with Crippen LogP contribution in [0.25, 0.3) is 0 Å². The molecule has 0 spiro atoms. The fraction of sp³-hybridized carbons (Fsp3) is 0. The van der Waals surface area contributed by atoms with Crippen molar-refractivity contribution in [2.24, 2.45) is 0 Å². The number of hydrogen-bond donors (Lipinski definition) is 1. The van der Waals surface area contributed by atoms with E-state index in [1.54, 1.807) is 0 Å². The topological polar surface area (TPSA) is 42.0 Å². The van der Waals surface area contributed by atoms with E-state index >= 15 is 0 Å². The van der Waals surface area contributed by atoms with Gasteiger partial charge in [-0.1, -0.05) is 11.6 Å². The molecule has 1 amide bonds. The van der Waals surface area contributed by atoms with Gasteiger partial charge < -0.3 is 5.32 Å². The minimum atomic E-state index is -0.821. The van der Waals surface area contributed by atoms with Crippen molar-refractivity contribution in [2.45, 2.75) is 0 Å². The van der Waals surface area contributed by atoms with Crippen LogP contribution in [0.4, 0.5) is 14.5 Å².